The molecule has 1 amide bonds. The molecule has 33 heavy (non-hydrogen) atoms. The van der Waals surface area contributed by atoms with E-state index in [2.05, 4.69) is 30.1 Å². The molecule has 3 heterocycles. The van der Waals surface area contributed by atoms with E-state index in [1.165, 1.54) is 10.4 Å². The molecule has 1 aliphatic rings. The summed E-state index contributed by atoms with van der Waals surface area (Å²) < 4.78 is 6.87. The summed E-state index contributed by atoms with van der Waals surface area (Å²) in [6, 6.07) is 16.4. The Morgan fingerprint density at radius 2 is 1.94 bits per heavy atom. The Hall–Kier alpha value is -2.74. The first-order valence-corrected chi connectivity index (χ1v) is 12.8. The largest absolute Gasteiger partial charge is 0.484 e. The fourth-order valence-electron chi connectivity index (χ4n) is 4.10. The van der Waals surface area contributed by atoms with Gasteiger partial charge < -0.3 is 10.1 Å². The van der Waals surface area contributed by atoms with Crippen molar-refractivity contribution in [1.29, 1.82) is 0 Å². The van der Waals surface area contributed by atoms with Crippen LogP contribution in [0.1, 0.15) is 29.9 Å². The molecule has 0 saturated heterocycles. The molecule has 0 radical (unpaired) electrons. The normalized spacial score (nSPS) is 13.9. The zero-order valence-corrected chi connectivity index (χ0v) is 20.7. The summed E-state index contributed by atoms with van der Waals surface area (Å²) in [5, 5.41) is 4.99. The number of aryl methyl sites for hydroxylation is 1. The van der Waals surface area contributed by atoms with E-state index < -0.39 is 0 Å². The van der Waals surface area contributed by atoms with Crippen LogP contribution in [0.25, 0.3) is 20.8 Å². The third kappa shape index (κ3) is 4.67. The van der Waals surface area contributed by atoms with Gasteiger partial charge in [0.25, 0.3) is 5.91 Å². The van der Waals surface area contributed by atoms with Crippen LogP contribution in [0.5, 0.6) is 5.75 Å². The molecule has 1 N–H and O–H groups in total. The summed E-state index contributed by atoms with van der Waals surface area (Å²) in [6.07, 6.45) is 0.963. The fraction of sp³-hybridized carbons (Fsp3) is 0.308. The van der Waals surface area contributed by atoms with Gasteiger partial charge in [0.1, 0.15) is 15.8 Å². The third-order valence-corrected chi connectivity index (χ3v) is 8.15. The van der Waals surface area contributed by atoms with Crippen LogP contribution in [-0.2, 0) is 17.8 Å². The minimum atomic E-state index is -0.155. The number of nitrogens with zero attached hydrogens (tertiary/aromatic N) is 2. The van der Waals surface area contributed by atoms with Crippen molar-refractivity contribution in [3.8, 4) is 16.3 Å². The predicted octanol–water partition coefficient (Wildman–Crippen LogP) is 6.12. The zero-order valence-electron chi connectivity index (χ0n) is 19.1. The molecule has 5 nitrogen and oxygen atoms in total. The Bertz CT molecular complexity index is 1260. The second kappa shape index (κ2) is 9.25. The Kier molecular flexibility index (Phi) is 6.19. The van der Waals surface area contributed by atoms with Crippen molar-refractivity contribution < 1.29 is 9.53 Å². The molecule has 2 aromatic carbocycles. The number of aromatic nitrogens is 1. The van der Waals surface area contributed by atoms with Gasteiger partial charge in [0.2, 0.25) is 0 Å². The first kappa shape index (κ1) is 22.1. The number of anilines is 1. The van der Waals surface area contributed by atoms with Crippen LogP contribution in [0.2, 0.25) is 0 Å². The summed E-state index contributed by atoms with van der Waals surface area (Å²) in [6.45, 7) is 8.40. The molecule has 0 unspecified atom stereocenters. The van der Waals surface area contributed by atoms with E-state index >= 15 is 0 Å². The van der Waals surface area contributed by atoms with E-state index in [0.717, 1.165) is 50.9 Å². The maximum Gasteiger partial charge on any atom is 0.262 e. The molecule has 1 aliphatic heterocycles. The second-order valence-electron chi connectivity index (χ2n) is 8.66. The highest BCUT2D eigenvalue weighted by Crippen LogP contribution is 2.45. The quantitative estimate of drug-likeness (QED) is 0.364. The molecule has 4 aromatic rings. The number of rotatable bonds is 6. The van der Waals surface area contributed by atoms with Crippen molar-refractivity contribution in [2.75, 3.05) is 18.5 Å². The monoisotopic (exact) mass is 477 g/mol. The fourth-order valence-corrected chi connectivity index (χ4v) is 6.50. The van der Waals surface area contributed by atoms with Crippen LogP contribution in [-0.4, -0.2) is 35.0 Å². The molecule has 0 aliphatic carbocycles. The van der Waals surface area contributed by atoms with E-state index in [0.29, 0.717) is 11.8 Å². The summed E-state index contributed by atoms with van der Waals surface area (Å²) in [4.78, 5) is 21.6. The Labute approximate surface area is 202 Å². The summed E-state index contributed by atoms with van der Waals surface area (Å²) in [5.41, 5.74) is 4.57. The summed E-state index contributed by atoms with van der Waals surface area (Å²) >= 11 is 3.36. The minimum absolute atomic E-state index is 0.0248. The van der Waals surface area contributed by atoms with Gasteiger partial charge in [0.05, 0.1) is 10.2 Å². The molecule has 2 aromatic heterocycles. The molecule has 0 spiro atoms. The molecular formula is C26H27N3O2S2. The number of hydrogen-bond donors (Lipinski definition) is 1. The second-order valence-corrected chi connectivity index (χ2v) is 10.8. The van der Waals surface area contributed by atoms with Crippen LogP contribution in [0.4, 0.5) is 5.00 Å². The van der Waals surface area contributed by atoms with Crippen molar-refractivity contribution in [3.05, 3.63) is 64.5 Å². The average molecular weight is 478 g/mol. The summed E-state index contributed by atoms with van der Waals surface area (Å²) in [5.74, 6) is 0.539. The van der Waals surface area contributed by atoms with Gasteiger partial charge in [-0.25, -0.2) is 4.98 Å². The van der Waals surface area contributed by atoms with E-state index in [-0.39, 0.29) is 12.5 Å². The molecule has 5 rings (SSSR count). The number of fused-ring (bicyclic) bond motifs is 2. The molecule has 0 fully saturated rings. The number of thiazole rings is 1. The maximum absolute atomic E-state index is 12.8. The Balaban J connectivity index is 1.44. The van der Waals surface area contributed by atoms with Crippen LogP contribution in [0, 0.1) is 6.92 Å². The van der Waals surface area contributed by atoms with Crippen LogP contribution < -0.4 is 10.1 Å². The highest BCUT2D eigenvalue weighted by Gasteiger charge is 2.28. The van der Waals surface area contributed by atoms with Gasteiger partial charge >= 0.3 is 0 Å². The molecule has 7 heteroatoms. The molecule has 0 atom stereocenters. The number of para-hydroxylation sites is 1. The first-order chi connectivity index (χ1) is 16.0. The number of hydrogen-bond acceptors (Lipinski definition) is 6. The van der Waals surface area contributed by atoms with E-state index in [1.807, 2.05) is 49.4 Å². The van der Waals surface area contributed by atoms with Gasteiger partial charge in [0.15, 0.2) is 6.61 Å². The SMILES string of the molecule is Cc1ccc(OCC(=O)Nc2sc3c(c2-c2nc4ccccc4s2)CCN(C(C)C)C3)cc1. The summed E-state index contributed by atoms with van der Waals surface area (Å²) in [7, 11) is 0. The maximum atomic E-state index is 12.8. The van der Waals surface area contributed by atoms with Gasteiger partial charge in [-0.2, -0.15) is 0 Å². The van der Waals surface area contributed by atoms with E-state index in [1.54, 1.807) is 22.7 Å². The number of thiophene rings is 1. The van der Waals surface area contributed by atoms with Gasteiger partial charge in [-0.05, 0) is 57.0 Å². The van der Waals surface area contributed by atoms with Crippen molar-refractivity contribution in [3.63, 3.8) is 0 Å². The number of nitrogens with one attached hydrogen (secondary N) is 1. The number of carbonyl (C=O) groups is 1. The molecule has 170 valence electrons. The zero-order chi connectivity index (χ0) is 22.9. The molecule has 0 bridgehead atoms. The van der Waals surface area contributed by atoms with Gasteiger partial charge in [0, 0.05) is 29.6 Å². The van der Waals surface area contributed by atoms with Gasteiger partial charge in [-0.15, -0.1) is 22.7 Å². The van der Waals surface area contributed by atoms with Crippen LogP contribution in [0.15, 0.2) is 48.5 Å². The standard InChI is InChI=1S/C26H27N3O2S2/c1-16(2)29-13-12-19-22(14-29)33-26(24(19)25-27-20-6-4-5-7-21(20)32-25)28-23(30)15-31-18-10-8-17(3)9-11-18/h4-11,16H,12-15H2,1-3H3,(H,28,30). The lowest BCUT2D eigenvalue weighted by atomic mass is 10.0. The predicted molar refractivity (Wildman–Crippen MR) is 137 cm³/mol. The third-order valence-electron chi connectivity index (χ3n) is 5.97. The van der Waals surface area contributed by atoms with E-state index in [9.17, 15) is 4.79 Å². The number of amides is 1. The lowest BCUT2D eigenvalue weighted by Crippen LogP contribution is -2.35. The molecular weight excluding hydrogens is 450 g/mol. The Morgan fingerprint density at radius 1 is 1.15 bits per heavy atom. The number of carbonyl (C=O) groups excluding carboxylic acids is 1. The topological polar surface area (TPSA) is 54.5 Å². The van der Waals surface area contributed by atoms with Gasteiger partial charge in [-0.1, -0.05) is 29.8 Å². The lowest BCUT2D eigenvalue weighted by molar-refractivity contribution is -0.118. The van der Waals surface area contributed by atoms with Crippen molar-refractivity contribution >= 4 is 43.8 Å². The van der Waals surface area contributed by atoms with Crippen molar-refractivity contribution in [2.24, 2.45) is 0 Å². The van der Waals surface area contributed by atoms with Crippen molar-refractivity contribution in [1.82, 2.24) is 9.88 Å². The lowest BCUT2D eigenvalue weighted by Gasteiger charge is -2.30. The van der Waals surface area contributed by atoms with Crippen LogP contribution in [0.3, 0.4) is 0 Å². The smallest absolute Gasteiger partial charge is 0.262 e. The van der Waals surface area contributed by atoms with E-state index in [4.69, 9.17) is 9.72 Å². The van der Waals surface area contributed by atoms with Gasteiger partial charge in [-0.3, -0.25) is 9.69 Å². The average Bonchev–Trinajstić information content (AvgIpc) is 3.38. The Morgan fingerprint density at radius 3 is 2.70 bits per heavy atom. The highest BCUT2D eigenvalue weighted by molar-refractivity contribution is 7.22. The van der Waals surface area contributed by atoms with Crippen LogP contribution >= 0.6 is 22.7 Å². The first-order valence-electron chi connectivity index (χ1n) is 11.2. The number of ether oxygens (including phenoxy) is 1. The van der Waals surface area contributed by atoms with Crippen molar-refractivity contribution in [2.45, 2.75) is 39.8 Å². The molecule has 0 saturated carbocycles. The number of benzene rings is 2. The minimum Gasteiger partial charge on any atom is -0.484 e. The highest BCUT2D eigenvalue weighted by atomic mass is 32.1.